The SMILES string of the molecule is CNc1cc(C(=O)NCCCN(C)C)ccc1[N+](=O)[O-]. The number of nitrogens with zero attached hydrogens (tertiary/aromatic N) is 2. The van der Waals surface area contributed by atoms with Crippen LogP contribution in [0.2, 0.25) is 0 Å². The lowest BCUT2D eigenvalue weighted by atomic mass is 10.1. The van der Waals surface area contributed by atoms with Crippen molar-refractivity contribution in [3.63, 3.8) is 0 Å². The molecule has 110 valence electrons. The van der Waals surface area contributed by atoms with E-state index in [2.05, 4.69) is 10.6 Å². The number of rotatable bonds is 7. The van der Waals surface area contributed by atoms with Crippen LogP contribution in [0.5, 0.6) is 0 Å². The van der Waals surface area contributed by atoms with Crippen LogP contribution >= 0.6 is 0 Å². The quantitative estimate of drug-likeness (QED) is 0.447. The number of carbonyl (C=O) groups excluding carboxylic acids is 1. The lowest BCUT2D eigenvalue weighted by Gasteiger charge is -2.10. The number of amides is 1. The van der Waals surface area contributed by atoms with Gasteiger partial charge in [0.25, 0.3) is 11.6 Å². The molecule has 0 aromatic heterocycles. The largest absolute Gasteiger partial charge is 0.383 e. The zero-order valence-electron chi connectivity index (χ0n) is 12.0. The summed E-state index contributed by atoms with van der Waals surface area (Å²) in [6.45, 7) is 1.46. The molecule has 1 amide bonds. The maximum absolute atomic E-state index is 11.9. The summed E-state index contributed by atoms with van der Waals surface area (Å²) in [5.41, 5.74) is 0.692. The van der Waals surface area contributed by atoms with Gasteiger partial charge >= 0.3 is 0 Å². The van der Waals surface area contributed by atoms with Crippen LogP contribution < -0.4 is 10.6 Å². The van der Waals surface area contributed by atoms with Crippen molar-refractivity contribution in [3.8, 4) is 0 Å². The van der Waals surface area contributed by atoms with Gasteiger partial charge in [-0.3, -0.25) is 14.9 Å². The van der Waals surface area contributed by atoms with Gasteiger partial charge in [0.05, 0.1) is 4.92 Å². The Labute approximate surface area is 118 Å². The summed E-state index contributed by atoms with van der Waals surface area (Å²) in [6.07, 6.45) is 0.852. The van der Waals surface area contributed by atoms with E-state index in [-0.39, 0.29) is 11.6 Å². The lowest BCUT2D eigenvalue weighted by Crippen LogP contribution is -2.27. The molecule has 0 saturated heterocycles. The van der Waals surface area contributed by atoms with Crippen molar-refractivity contribution < 1.29 is 9.72 Å². The van der Waals surface area contributed by atoms with Gasteiger partial charge in [-0.2, -0.15) is 0 Å². The highest BCUT2D eigenvalue weighted by molar-refractivity contribution is 5.95. The van der Waals surface area contributed by atoms with Gasteiger partial charge in [0, 0.05) is 25.2 Å². The number of carbonyl (C=O) groups is 1. The van der Waals surface area contributed by atoms with Crippen molar-refractivity contribution in [2.24, 2.45) is 0 Å². The normalized spacial score (nSPS) is 10.4. The molecular weight excluding hydrogens is 260 g/mol. The molecule has 0 spiro atoms. The Morgan fingerprint density at radius 2 is 2.10 bits per heavy atom. The number of anilines is 1. The smallest absolute Gasteiger partial charge is 0.292 e. The summed E-state index contributed by atoms with van der Waals surface area (Å²) in [7, 11) is 5.52. The summed E-state index contributed by atoms with van der Waals surface area (Å²) >= 11 is 0. The first-order valence-electron chi connectivity index (χ1n) is 6.35. The molecule has 1 rings (SSSR count). The molecule has 2 N–H and O–H groups in total. The molecule has 1 aromatic rings. The fourth-order valence-electron chi connectivity index (χ4n) is 1.74. The van der Waals surface area contributed by atoms with Gasteiger partial charge in [0.2, 0.25) is 0 Å². The van der Waals surface area contributed by atoms with Gasteiger partial charge in [-0.1, -0.05) is 0 Å². The van der Waals surface area contributed by atoms with Gasteiger partial charge in [-0.15, -0.1) is 0 Å². The van der Waals surface area contributed by atoms with Gasteiger partial charge in [0.15, 0.2) is 0 Å². The average Bonchev–Trinajstić information content (AvgIpc) is 2.42. The van der Waals surface area contributed by atoms with Gasteiger partial charge in [0.1, 0.15) is 5.69 Å². The van der Waals surface area contributed by atoms with Crippen molar-refractivity contribution in [2.75, 3.05) is 39.5 Å². The van der Waals surface area contributed by atoms with E-state index in [1.165, 1.54) is 18.2 Å². The standard InChI is InChI=1S/C13H20N4O3/c1-14-11-9-10(5-6-12(11)17(19)20)13(18)15-7-4-8-16(2)3/h5-6,9,14H,4,7-8H2,1-3H3,(H,15,18). The monoisotopic (exact) mass is 280 g/mol. The molecule has 0 radical (unpaired) electrons. The van der Waals surface area contributed by atoms with Gasteiger partial charge in [-0.05, 0) is 39.2 Å². The molecule has 0 fully saturated rings. The topological polar surface area (TPSA) is 87.5 Å². The van der Waals surface area contributed by atoms with Crippen LogP contribution in [0.15, 0.2) is 18.2 Å². The first-order chi connectivity index (χ1) is 9.45. The Kier molecular flexibility index (Phi) is 5.92. The van der Waals surface area contributed by atoms with Gasteiger partial charge < -0.3 is 15.5 Å². The molecule has 0 saturated carbocycles. The molecule has 0 aliphatic rings. The fraction of sp³-hybridized carbons (Fsp3) is 0.462. The highest BCUT2D eigenvalue weighted by Crippen LogP contribution is 2.24. The van der Waals surface area contributed by atoms with Crippen LogP contribution in [0.1, 0.15) is 16.8 Å². The minimum Gasteiger partial charge on any atom is -0.383 e. The first-order valence-corrected chi connectivity index (χ1v) is 6.35. The van der Waals surface area contributed by atoms with E-state index < -0.39 is 4.92 Å². The van der Waals surface area contributed by atoms with Crippen LogP contribution in [-0.4, -0.2) is 50.0 Å². The zero-order chi connectivity index (χ0) is 15.1. The molecule has 0 bridgehead atoms. The number of nitro groups is 1. The van der Waals surface area contributed by atoms with E-state index in [1.54, 1.807) is 7.05 Å². The molecule has 0 aliphatic heterocycles. The van der Waals surface area contributed by atoms with Crippen LogP contribution in [0.4, 0.5) is 11.4 Å². The predicted octanol–water partition coefficient (Wildman–Crippen LogP) is 1.32. The van der Waals surface area contributed by atoms with Crippen molar-refractivity contribution in [1.82, 2.24) is 10.2 Å². The number of benzene rings is 1. The maximum Gasteiger partial charge on any atom is 0.292 e. The van der Waals surface area contributed by atoms with Crippen LogP contribution in [0, 0.1) is 10.1 Å². The van der Waals surface area contributed by atoms with Gasteiger partial charge in [-0.25, -0.2) is 0 Å². The van der Waals surface area contributed by atoms with Crippen LogP contribution in [0.3, 0.4) is 0 Å². The van der Waals surface area contributed by atoms with Crippen molar-refractivity contribution >= 4 is 17.3 Å². The zero-order valence-corrected chi connectivity index (χ0v) is 12.0. The van der Waals surface area contributed by atoms with E-state index in [0.717, 1.165) is 13.0 Å². The highest BCUT2D eigenvalue weighted by Gasteiger charge is 2.15. The first kappa shape index (κ1) is 15.9. The molecular formula is C13H20N4O3. The lowest BCUT2D eigenvalue weighted by molar-refractivity contribution is -0.383. The average molecular weight is 280 g/mol. The summed E-state index contributed by atoms with van der Waals surface area (Å²) in [4.78, 5) is 24.3. The number of hydrogen-bond acceptors (Lipinski definition) is 5. The molecule has 0 aliphatic carbocycles. The van der Waals surface area contributed by atoms with E-state index >= 15 is 0 Å². The minimum absolute atomic E-state index is 0.0448. The van der Waals surface area contributed by atoms with E-state index in [4.69, 9.17) is 0 Å². The predicted molar refractivity (Wildman–Crippen MR) is 78.1 cm³/mol. The molecule has 20 heavy (non-hydrogen) atoms. The third-order valence-corrected chi connectivity index (χ3v) is 2.79. The summed E-state index contributed by atoms with van der Waals surface area (Å²) < 4.78 is 0. The van der Waals surface area contributed by atoms with E-state index in [1.807, 2.05) is 19.0 Å². The Bertz CT molecular complexity index is 489. The third-order valence-electron chi connectivity index (χ3n) is 2.79. The third kappa shape index (κ3) is 4.51. The molecule has 1 aromatic carbocycles. The second-order valence-electron chi connectivity index (χ2n) is 4.65. The Morgan fingerprint density at radius 3 is 2.65 bits per heavy atom. The van der Waals surface area contributed by atoms with E-state index in [0.29, 0.717) is 17.8 Å². The Morgan fingerprint density at radius 1 is 1.40 bits per heavy atom. The second kappa shape index (κ2) is 7.44. The van der Waals surface area contributed by atoms with Crippen LogP contribution in [0.25, 0.3) is 0 Å². The Balaban J connectivity index is 2.67. The molecule has 7 nitrogen and oxygen atoms in total. The molecule has 7 heteroatoms. The molecule has 0 unspecified atom stereocenters. The van der Waals surface area contributed by atoms with Crippen LogP contribution in [-0.2, 0) is 0 Å². The maximum atomic E-state index is 11.9. The number of nitrogens with one attached hydrogen (secondary N) is 2. The molecule has 0 atom stereocenters. The molecule has 0 heterocycles. The fourth-order valence-corrected chi connectivity index (χ4v) is 1.74. The number of hydrogen-bond donors (Lipinski definition) is 2. The van der Waals surface area contributed by atoms with E-state index in [9.17, 15) is 14.9 Å². The summed E-state index contributed by atoms with van der Waals surface area (Å²) in [5.74, 6) is -0.227. The van der Waals surface area contributed by atoms with Crippen molar-refractivity contribution in [1.29, 1.82) is 0 Å². The summed E-state index contributed by atoms with van der Waals surface area (Å²) in [5, 5.41) is 16.3. The van der Waals surface area contributed by atoms with Crippen molar-refractivity contribution in [3.05, 3.63) is 33.9 Å². The highest BCUT2D eigenvalue weighted by atomic mass is 16.6. The minimum atomic E-state index is -0.482. The second-order valence-corrected chi connectivity index (χ2v) is 4.65. The van der Waals surface area contributed by atoms with Crippen molar-refractivity contribution in [2.45, 2.75) is 6.42 Å². The number of nitro benzene ring substituents is 1. The Hall–Kier alpha value is -2.15. The summed E-state index contributed by atoms with van der Waals surface area (Å²) in [6, 6.07) is 4.28.